The Kier molecular flexibility index (Phi) is 6.09. The molecule has 1 spiro atoms. The van der Waals surface area contributed by atoms with Crippen LogP contribution in [0.15, 0.2) is 78.9 Å². The molecule has 166 valence electrons. The zero-order valence-electron chi connectivity index (χ0n) is 18.3. The van der Waals surface area contributed by atoms with Gasteiger partial charge in [0.25, 0.3) is 0 Å². The monoisotopic (exact) mass is 431 g/mol. The van der Waals surface area contributed by atoms with Crippen LogP contribution >= 0.6 is 0 Å². The number of aliphatic hydroxyl groups is 1. The Labute approximate surface area is 189 Å². The molecule has 0 aliphatic carbocycles. The number of halogens is 1. The van der Waals surface area contributed by atoms with Gasteiger partial charge in [-0.1, -0.05) is 66.7 Å². The summed E-state index contributed by atoms with van der Waals surface area (Å²) in [4.78, 5) is 2.43. The van der Waals surface area contributed by atoms with Crippen LogP contribution in [0.1, 0.15) is 47.6 Å². The fourth-order valence-electron chi connectivity index (χ4n) is 5.22. The van der Waals surface area contributed by atoms with Gasteiger partial charge in [-0.2, -0.15) is 0 Å². The Morgan fingerprint density at radius 3 is 2.38 bits per heavy atom. The second-order valence-corrected chi connectivity index (χ2v) is 9.10. The van der Waals surface area contributed by atoms with Crippen molar-refractivity contribution >= 4 is 0 Å². The van der Waals surface area contributed by atoms with E-state index in [9.17, 15) is 9.50 Å². The van der Waals surface area contributed by atoms with Crippen LogP contribution in [0.5, 0.6) is 0 Å². The molecule has 2 unspecified atom stereocenters. The van der Waals surface area contributed by atoms with E-state index >= 15 is 0 Å². The van der Waals surface area contributed by atoms with Crippen molar-refractivity contribution in [1.29, 1.82) is 0 Å². The van der Waals surface area contributed by atoms with E-state index in [1.165, 1.54) is 28.8 Å². The van der Waals surface area contributed by atoms with E-state index < -0.39 is 6.10 Å². The topological polar surface area (TPSA) is 32.7 Å². The minimum Gasteiger partial charge on any atom is -0.393 e. The highest BCUT2D eigenvalue weighted by Crippen LogP contribution is 2.51. The zero-order chi connectivity index (χ0) is 22.0. The van der Waals surface area contributed by atoms with Crippen molar-refractivity contribution in [2.75, 3.05) is 19.6 Å². The number of rotatable bonds is 6. The first kappa shape index (κ1) is 21.3. The fourth-order valence-corrected chi connectivity index (χ4v) is 5.22. The van der Waals surface area contributed by atoms with Gasteiger partial charge < -0.3 is 14.7 Å². The van der Waals surface area contributed by atoms with Crippen molar-refractivity contribution < 1.29 is 14.2 Å². The van der Waals surface area contributed by atoms with Crippen LogP contribution in [0.4, 0.5) is 4.39 Å². The molecule has 32 heavy (non-hydrogen) atoms. The average molecular weight is 432 g/mol. The number of benzene rings is 3. The first-order valence-electron chi connectivity index (χ1n) is 11.6. The molecule has 2 aliphatic rings. The van der Waals surface area contributed by atoms with Crippen molar-refractivity contribution in [1.82, 2.24) is 4.90 Å². The predicted octanol–water partition coefficient (Wildman–Crippen LogP) is 5.23. The van der Waals surface area contributed by atoms with Gasteiger partial charge in [0.15, 0.2) is 0 Å². The molecule has 1 N–H and O–H groups in total. The second-order valence-electron chi connectivity index (χ2n) is 9.10. The Balaban J connectivity index is 1.20. The van der Waals surface area contributed by atoms with E-state index in [1.54, 1.807) is 12.1 Å². The third-order valence-electron chi connectivity index (χ3n) is 7.01. The average Bonchev–Trinajstić information content (AvgIpc) is 3.15. The lowest BCUT2D eigenvalue weighted by Gasteiger charge is -2.40. The molecule has 3 aromatic rings. The van der Waals surface area contributed by atoms with Gasteiger partial charge in [-0.05, 0) is 60.1 Å². The third kappa shape index (κ3) is 4.36. The van der Waals surface area contributed by atoms with E-state index in [0.29, 0.717) is 12.8 Å². The van der Waals surface area contributed by atoms with E-state index in [-0.39, 0.29) is 17.5 Å². The second kappa shape index (κ2) is 9.14. The summed E-state index contributed by atoms with van der Waals surface area (Å²) >= 11 is 0. The van der Waals surface area contributed by atoms with Crippen LogP contribution in [-0.4, -0.2) is 35.7 Å². The zero-order valence-corrected chi connectivity index (χ0v) is 18.3. The normalized spacial score (nSPS) is 20.9. The number of piperidine rings is 1. The molecule has 0 saturated carbocycles. The molecule has 3 aromatic carbocycles. The Morgan fingerprint density at radius 2 is 1.62 bits per heavy atom. The standard InChI is InChI=1S/C28H30FNO2/c29-23-12-10-21(11-13-23)20-24(31)14-17-30-18-15-28(16-19-30)26-9-5-4-8-25(26)27(32-28)22-6-2-1-3-7-22/h1-13,24,27,31H,14-20H2. The summed E-state index contributed by atoms with van der Waals surface area (Å²) in [6.45, 7) is 2.78. The van der Waals surface area contributed by atoms with Crippen LogP contribution < -0.4 is 0 Å². The summed E-state index contributed by atoms with van der Waals surface area (Å²) in [5.41, 5.74) is 4.59. The molecule has 0 bridgehead atoms. The largest absolute Gasteiger partial charge is 0.393 e. The van der Waals surface area contributed by atoms with Crippen molar-refractivity contribution in [3.8, 4) is 0 Å². The van der Waals surface area contributed by atoms with Crippen LogP contribution in [0.25, 0.3) is 0 Å². The summed E-state index contributed by atoms with van der Waals surface area (Å²) in [7, 11) is 0. The quantitative estimate of drug-likeness (QED) is 0.580. The van der Waals surface area contributed by atoms with Crippen LogP contribution in [0.2, 0.25) is 0 Å². The lowest BCUT2D eigenvalue weighted by atomic mass is 9.83. The maximum Gasteiger partial charge on any atom is 0.123 e. The van der Waals surface area contributed by atoms with E-state index in [1.807, 2.05) is 6.07 Å². The summed E-state index contributed by atoms with van der Waals surface area (Å²) in [5.74, 6) is -0.240. The van der Waals surface area contributed by atoms with Gasteiger partial charge in [-0.15, -0.1) is 0 Å². The molecule has 0 aromatic heterocycles. The number of aliphatic hydroxyl groups excluding tert-OH is 1. The Bertz CT molecular complexity index is 1030. The maximum atomic E-state index is 13.1. The number of hydrogen-bond donors (Lipinski definition) is 1. The maximum absolute atomic E-state index is 13.1. The lowest BCUT2D eigenvalue weighted by molar-refractivity contribution is -0.0974. The van der Waals surface area contributed by atoms with E-state index in [2.05, 4.69) is 53.4 Å². The highest BCUT2D eigenvalue weighted by molar-refractivity contribution is 5.43. The number of nitrogens with zero attached hydrogens (tertiary/aromatic N) is 1. The van der Waals surface area contributed by atoms with Crippen molar-refractivity contribution in [3.05, 3.63) is 107 Å². The molecular weight excluding hydrogens is 401 g/mol. The fraction of sp³-hybridized carbons (Fsp3) is 0.357. The predicted molar refractivity (Wildman–Crippen MR) is 124 cm³/mol. The molecule has 1 fully saturated rings. The van der Waals surface area contributed by atoms with Gasteiger partial charge in [-0.25, -0.2) is 4.39 Å². The molecule has 1 saturated heterocycles. The summed E-state index contributed by atoms with van der Waals surface area (Å²) in [5, 5.41) is 10.5. The SMILES string of the molecule is OC(CCN1CCC2(CC1)OC(c1ccccc1)c1ccccc12)Cc1ccc(F)cc1. The Morgan fingerprint density at radius 1 is 0.938 bits per heavy atom. The van der Waals surface area contributed by atoms with Crippen molar-refractivity contribution in [3.63, 3.8) is 0 Å². The van der Waals surface area contributed by atoms with Gasteiger partial charge in [0.05, 0.1) is 11.7 Å². The van der Waals surface area contributed by atoms with E-state index in [0.717, 1.165) is 38.0 Å². The van der Waals surface area contributed by atoms with Crippen LogP contribution in [0, 0.1) is 5.82 Å². The van der Waals surface area contributed by atoms with Gasteiger partial charge in [0.1, 0.15) is 11.9 Å². The summed E-state index contributed by atoms with van der Waals surface area (Å²) < 4.78 is 19.9. The molecule has 2 aliphatic heterocycles. The molecule has 0 radical (unpaired) electrons. The lowest BCUT2D eigenvalue weighted by Crippen LogP contribution is -2.43. The third-order valence-corrected chi connectivity index (χ3v) is 7.01. The van der Waals surface area contributed by atoms with Gasteiger partial charge in [0, 0.05) is 19.6 Å². The van der Waals surface area contributed by atoms with Crippen molar-refractivity contribution in [2.24, 2.45) is 0 Å². The molecule has 2 heterocycles. The minimum absolute atomic E-state index is 0.00326. The highest BCUT2D eigenvalue weighted by Gasteiger charge is 2.46. The first-order valence-corrected chi connectivity index (χ1v) is 11.6. The van der Waals surface area contributed by atoms with Crippen molar-refractivity contribution in [2.45, 2.75) is 43.5 Å². The Hall–Kier alpha value is -2.53. The highest BCUT2D eigenvalue weighted by atomic mass is 19.1. The van der Waals surface area contributed by atoms with E-state index in [4.69, 9.17) is 4.74 Å². The van der Waals surface area contributed by atoms with Gasteiger partial charge >= 0.3 is 0 Å². The number of ether oxygens (including phenoxy) is 1. The molecular formula is C28H30FNO2. The molecule has 3 nitrogen and oxygen atoms in total. The van der Waals surface area contributed by atoms with Crippen LogP contribution in [0.3, 0.4) is 0 Å². The van der Waals surface area contributed by atoms with Crippen LogP contribution in [-0.2, 0) is 16.8 Å². The molecule has 4 heteroatoms. The van der Waals surface area contributed by atoms with Gasteiger partial charge in [-0.3, -0.25) is 0 Å². The summed E-state index contributed by atoms with van der Waals surface area (Å²) in [6, 6.07) is 25.6. The molecule has 5 rings (SSSR count). The van der Waals surface area contributed by atoms with Gasteiger partial charge in [0.2, 0.25) is 0 Å². The summed E-state index contributed by atoms with van der Waals surface area (Å²) in [6.07, 6.45) is 2.78. The first-order chi connectivity index (χ1) is 15.6. The molecule has 2 atom stereocenters. The number of likely N-dealkylation sites (tertiary alicyclic amines) is 1. The smallest absolute Gasteiger partial charge is 0.123 e. The minimum atomic E-state index is -0.415. The molecule has 0 amide bonds. The number of fused-ring (bicyclic) bond motifs is 2. The number of hydrogen-bond acceptors (Lipinski definition) is 3.